The summed E-state index contributed by atoms with van der Waals surface area (Å²) in [6.07, 6.45) is 0.245. The summed E-state index contributed by atoms with van der Waals surface area (Å²) in [5, 5.41) is 9.22. The summed E-state index contributed by atoms with van der Waals surface area (Å²) in [6, 6.07) is -0.383. The van der Waals surface area contributed by atoms with Gasteiger partial charge in [-0.05, 0) is 5.92 Å². The smallest absolute Gasteiger partial charge is 0.235 e. The average Bonchev–Trinajstić information content (AvgIpc) is 2.28. The Bertz CT molecular complexity index is 284. The van der Waals surface area contributed by atoms with Gasteiger partial charge in [0.1, 0.15) is 0 Å². The molecule has 0 radical (unpaired) electrons. The molecule has 0 spiro atoms. The van der Waals surface area contributed by atoms with Gasteiger partial charge < -0.3 is 5.11 Å². The molecule has 1 heterocycles. The van der Waals surface area contributed by atoms with Gasteiger partial charge >= 0.3 is 0 Å². The molecule has 1 aliphatic rings. The maximum atomic E-state index is 11.9. The lowest BCUT2D eigenvalue weighted by Crippen LogP contribution is -2.46. The Morgan fingerprint density at radius 1 is 1.40 bits per heavy atom. The second-order valence-corrected chi connectivity index (χ2v) is 5.12. The normalized spacial score (nSPS) is 22.7. The summed E-state index contributed by atoms with van der Waals surface area (Å²) >= 11 is 0. The van der Waals surface area contributed by atoms with Gasteiger partial charge in [-0.3, -0.25) is 14.5 Å². The van der Waals surface area contributed by atoms with Crippen molar-refractivity contribution in [1.82, 2.24) is 4.90 Å². The number of aliphatic hydroxyl groups is 1. The zero-order chi connectivity index (χ0) is 11.8. The number of amides is 2. The molecule has 2 amide bonds. The summed E-state index contributed by atoms with van der Waals surface area (Å²) in [5.74, 6) is -0.255. The monoisotopic (exact) mass is 213 g/mol. The van der Waals surface area contributed by atoms with Crippen molar-refractivity contribution in [3.63, 3.8) is 0 Å². The first kappa shape index (κ1) is 12.2. The third-order valence-electron chi connectivity index (χ3n) is 2.95. The van der Waals surface area contributed by atoms with Gasteiger partial charge in [0.2, 0.25) is 11.8 Å². The van der Waals surface area contributed by atoms with Crippen LogP contribution in [0.15, 0.2) is 0 Å². The average molecular weight is 213 g/mol. The molecule has 4 heteroatoms. The molecule has 0 saturated carbocycles. The molecule has 0 unspecified atom stereocenters. The van der Waals surface area contributed by atoms with E-state index in [1.807, 2.05) is 13.8 Å². The van der Waals surface area contributed by atoms with Crippen molar-refractivity contribution in [3.8, 4) is 0 Å². The quantitative estimate of drug-likeness (QED) is 0.705. The maximum Gasteiger partial charge on any atom is 0.235 e. The van der Waals surface area contributed by atoms with Crippen LogP contribution in [0.25, 0.3) is 0 Å². The number of carbonyl (C=O) groups excluding carboxylic acids is 2. The molecule has 0 aromatic rings. The molecule has 1 fully saturated rings. The second kappa shape index (κ2) is 3.93. The van der Waals surface area contributed by atoms with Crippen LogP contribution in [-0.4, -0.2) is 34.5 Å². The fraction of sp³-hybridized carbons (Fsp3) is 0.818. The van der Waals surface area contributed by atoms with E-state index < -0.39 is 5.41 Å². The lowest BCUT2D eigenvalue weighted by molar-refractivity contribution is -0.145. The molecule has 1 rings (SSSR count). The van der Waals surface area contributed by atoms with Crippen LogP contribution in [0.5, 0.6) is 0 Å². The van der Waals surface area contributed by atoms with Crippen molar-refractivity contribution in [2.45, 2.75) is 40.2 Å². The van der Waals surface area contributed by atoms with Crippen LogP contribution >= 0.6 is 0 Å². The number of nitrogens with zero attached hydrogens (tertiary/aromatic N) is 1. The van der Waals surface area contributed by atoms with E-state index in [4.69, 9.17) is 0 Å². The molecule has 15 heavy (non-hydrogen) atoms. The molecule has 1 atom stereocenters. The van der Waals surface area contributed by atoms with Gasteiger partial charge in [-0.1, -0.05) is 27.7 Å². The van der Waals surface area contributed by atoms with Gasteiger partial charge in [0.25, 0.3) is 0 Å². The molecule has 1 N–H and O–H groups in total. The summed E-state index contributed by atoms with van der Waals surface area (Å²) in [6.45, 7) is 7.16. The SMILES string of the molecule is CC(C)[C@H](CO)N1C(=O)CC(C)(C)C1=O. The Labute approximate surface area is 90.3 Å². The molecular formula is C11H19NO3. The highest BCUT2D eigenvalue weighted by atomic mass is 16.3. The number of hydrogen-bond donors (Lipinski definition) is 1. The lowest BCUT2D eigenvalue weighted by Gasteiger charge is -2.28. The van der Waals surface area contributed by atoms with Gasteiger partial charge in [-0.2, -0.15) is 0 Å². The van der Waals surface area contributed by atoms with E-state index in [1.165, 1.54) is 4.90 Å². The zero-order valence-electron chi connectivity index (χ0n) is 9.78. The van der Waals surface area contributed by atoms with E-state index >= 15 is 0 Å². The minimum atomic E-state index is -0.612. The van der Waals surface area contributed by atoms with E-state index in [1.54, 1.807) is 13.8 Å². The standard InChI is InChI=1S/C11H19NO3/c1-7(2)8(6-13)12-9(14)5-11(3,4)10(12)15/h7-8,13H,5-6H2,1-4H3/t8-/m0/s1. The molecule has 0 aromatic heterocycles. The van der Waals surface area contributed by atoms with Gasteiger partial charge in [0.15, 0.2) is 0 Å². The minimum Gasteiger partial charge on any atom is -0.394 e. The second-order valence-electron chi connectivity index (χ2n) is 5.12. The molecule has 4 nitrogen and oxygen atoms in total. The van der Waals surface area contributed by atoms with E-state index in [9.17, 15) is 14.7 Å². The molecule has 0 aliphatic carbocycles. The predicted octanol–water partition coefficient (Wildman–Crippen LogP) is 0.788. The Hall–Kier alpha value is -0.900. The van der Waals surface area contributed by atoms with Crippen LogP contribution in [-0.2, 0) is 9.59 Å². The fourth-order valence-electron chi connectivity index (χ4n) is 1.90. The van der Waals surface area contributed by atoms with Gasteiger partial charge in [-0.25, -0.2) is 0 Å². The topological polar surface area (TPSA) is 57.6 Å². The summed E-state index contributed by atoms with van der Waals surface area (Å²) in [5.41, 5.74) is -0.612. The zero-order valence-corrected chi connectivity index (χ0v) is 9.78. The third-order valence-corrected chi connectivity index (χ3v) is 2.95. The van der Waals surface area contributed by atoms with Gasteiger partial charge in [-0.15, -0.1) is 0 Å². The first-order valence-corrected chi connectivity index (χ1v) is 5.28. The Morgan fingerprint density at radius 2 is 1.93 bits per heavy atom. The molecular weight excluding hydrogens is 194 g/mol. The first-order chi connectivity index (χ1) is 6.81. The van der Waals surface area contributed by atoms with E-state index in [0.29, 0.717) is 0 Å². The van der Waals surface area contributed by atoms with Crippen molar-refractivity contribution in [1.29, 1.82) is 0 Å². The number of imide groups is 1. The maximum absolute atomic E-state index is 11.9. The lowest BCUT2D eigenvalue weighted by atomic mass is 9.92. The van der Waals surface area contributed by atoms with Crippen molar-refractivity contribution in [3.05, 3.63) is 0 Å². The summed E-state index contributed by atoms with van der Waals surface area (Å²) in [4.78, 5) is 24.9. The largest absolute Gasteiger partial charge is 0.394 e. The van der Waals surface area contributed by atoms with Gasteiger partial charge in [0, 0.05) is 6.42 Å². The van der Waals surface area contributed by atoms with Crippen LogP contribution in [0.3, 0.4) is 0 Å². The number of likely N-dealkylation sites (tertiary alicyclic amines) is 1. The van der Waals surface area contributed by atoms with Crippen molar-refractivity contribution >= 4 is 11.8 Å². The van der Waals surface area contributed by atoms with Crippen LogP contribution < -0.4 is 0 Å². The predicted molar refractivity (Wildman–Crippen MR) is 56.0 cm³/mol. The van der Waals surface area contributed by atoms with Crippen molar-refractivity contribution in [2.75, 3.05) is 6.61 Å². The fourth-order valence-corrected chi connectivity index (χ4v) is 1.90. The van der Waals surface area contributed by atoms with Crippen molar-refractivity contribution in [2.24, 2.45) is 11.3 Å². The molecule has 0 aromatic carbocycles. The number of carbonyl (C=O) groups is 2. The number of hydrogen-bond acceptors (Lipinski definition) is 3. The first-order valence-electron chi connectivity index (χ1n) is 5.28. The highest BCUT2D eigenvalue weighted by Gasteiger charge is 2.47. The van der Waals surface area contributed by atoms with Crippen LogP contribution in [0.2, 0.25) is 0 Å². The highest BCUT2D eigenvalue weighted by molar-refractivity contribution is 6.05. The highest BCUT2D eigenvalue weighted by Crippen LogP contribution is 2.34. The summed E-state index contributed by atoms with van der Waals surface area (Å²) < 4.78 is 0. The number of rotatable bonds is 3. The minimum absolute atomic E-state index is 0.0804. The molecule has 1 aliphatic heterocycles. The third kappa shape index (κ3) is 2.04. The molecule has 0 bridgehead atoms. The van der Waals surface area contributed by atoms with Crippen LogP contribution in [0, 0.1) is 11.3 Å². The van der Waals surface area contributed by atoms with Crippen molar-refractivity contribution < 1.29 is 14.7 Å². The van der Waals surface area contributed by atoms with Gasteiger partial charge in [0.05, 0.1) is 18.1 Å². The van der Waals surface area contributed by atoms with Crippen LogP contribution in [0.4, 0.5) is 0 Å². The summed E-state index contributed by atoms with van der Waals surface area (Å²) in [7, 11) is 0. The Balaban J connectivity index is 2.95. The Morgan fingerprint density at radius 3 is 2.20 bits per heavy atom. The number of aliphatic hydroxyl groups excluding tert-OH is 1. The molecule has 86 valence electrons. The van der Waals surface area contributed by atoms with E-state index in [-0.39, 0.29) is 36.8 Å². The van der Waals surface area contributed by atoms with E-state index in [2.05, 4.69) is 0 Å². The van der Waals surface area contributed by atoms with Crippen LogP contribution in [0.1, 0.15) is 34.1 Å². The Kier molecular flexibility index (Phi) is 3.19. The van der Waals surface area contributed by atoms with E-state index in [0.717, 1.165) is 0 Å². The molecule has 1 saturated heterocycles.